The Morgan fingerprint density at radius 3 is 2.30 bits per heavy atom. The van der Waals surface area contributed by atoms with Crippen LogP contribution in [-0.2, 0) is 0 Å². The second-order valence-electron chi connectivity index (χ2n) is 4.27. The maximum absolute atomic E-state index is 5.93. The first kappa shape index (κ1) is 14.5. The number of aromatic nitrogens is 3. The highest BCUT2D eigenvalue weighted by molar-refractivity contribution is 6.28. The zero-order valence-corrected chi connectivity index (χ0v) is 12.6. The fraction of sp³-hybridized carbons (Fsp3) is 0.357. The van der Waals surface area contributed by atoms with Crippen LogP contribution in [0.25, 0.3) is 0 Å². The summed E-state index contributed by atoms with van der Waals surface area (Å²) < 4.78 is 5.62. The first-order valence-electron chi connectivity index (χ1n) is 6.53. The Balaban J connectivity index is 2.25. The van der Waals surface area contributed by atoms with Gasteiger partial charge in [-0.25, -0.2) is 0 Å². The molecule has 0 fully saturated rings. The van der Waals surface area contributed by atoms with E-state index < -0.39 is 0 Å². The van der Waals surface area contributed by atoms with Crippen molar-refractivity contribution in [3.05, 3.63) is 35.1 Å². The Kier molecular flexibility index (Phi) is 4.74. The summed E-state index contributed by atoms with van der Waals surface area (Å²) in [4.78, 5) is 14.4. The van der Waals surface area contributed by atoms with Crippen LogP contribution in [-0.4, -0.2) is 28.0 Å². The van der Waals surface area contributed by atoms with Crippen LogP contribution in [0.15, 0.2) is 24.3 Å². The number of hydrogen-bond acceptors (Lipinski definition) is 5. The SMILES string of the molecule is CCN(CC)c1nc(Cl)nc(Oc2ccc(C)cc2)n1. The number of halogens is 1. The zero-order valence-electron chi connectivity index (χ0n) is 11.8. The Bertz CT molecular complexity index is 570. The Hall–Kier alpha value is -1.88. The number of benzene rings is 1. The molecule has 0 radical (unpaired) electrons. The largest absolute Gasteiger partial charge is 0.424 e. The van der Waals surface area contributed by atoms with Gasteiger partial charge in [-0.2, -0.15) is 15.0 Å². The van der Waals surface area contributed by atoms with Crippen LogP contribution < -0.4 is 9.64 Å². The number of rotatable bonds is 5. The third-order valence-electron chi connectivity index (χ3n) is 2.85. The van der Waals surface area contributed by atoms with E-state index in [1.54, 1.807) is 0 Å². The van der Waals surface area contributed by atoms with E-state index in [1.165, 1.54) is 0 Å². The normalized spacial score (nSPS) is 10.4. The minimum Gasteiger partial charge on any atom is -0.424 e. The lowest BCUT2D eigenvalue weighted by molar-refractivity contribution is 0.439. The molecule has 0 saturated heterocycles. The van der Waals surface area contributed by atoms with Crippen molar-refractivity contribution in [2.45, 2.75) is 20.8 Å². The van der Waals surface area contributed by atoms with E-state index in [4.69, 9.17) is 16.3 Å². The summed E-state index contributed by atoms with van der Waals surface area (Å²) in [5.74, 6) is 1.19. The van der Waals surface area contributed by atoms with E-state index in [2.05, 4.69) is 15.0 Å². The van der Waals surface area contributed by atoms with Crippen molar-refractivity contribution in [3.63, 3.8) is 0 Å². The molecule has 1 aromatic carbocycles. The fourth-order valence-electron chi connectivity index (χ4n) is 1.73. The third kappa shape index (κ3) is 3.57. The monoisotopic (exact) mass is 292 g/mol. The smallest absolute Gasteiger partial charge is 0.328 e. The highest BCUT2D eigenvalue weighted by atomic mass is 35.5. The van der Waals surface area contributed by atoms with Crippen molar-refractivity contribution in [2.75, 3.05) is 18.0 Å². The van der Waals surface area contributed by atoms with E-state index in [0.29, 0.717) is 11.7 Å². The second kappa shape index (κ2) is 6.52. The van der Waals surface area contributed by atoms with Crippen molar-refractivity contribution < 1.29 is 4.74 Å². The predicted molar refractivity (Wildman–Crippen MR) is 79.7 cm³/mol. The highest BCUT2D eigenvalue weighted by Crippen LogP contribution is 2.21. The van der Waals surface area contributed by atoms with Gasteiger partial charge in [-0.1, -0.05) is 17.7 Å². The molecule has 5 nitrogen and oxygen atoms in total. The molecule has 0 atom stereocenters. The molecule has 0 bridgehead atoms. The molecule has 2 aromatic rings. The zero-order chi connectivity index (χ0) is 14.5. The number of nitrogens with zero attached hydrogens (tertiary/aromatic N) is 4. The molecule has 0 saturated carbocycles. The van der Waals surface area contributed by atoms with Crippen LogP contribution in [0, 0.1) is 6.92 Å². The van der Waals surface area contributed by atoms with E-state index in [1.807, 2.05) is 49.9 Å². The summed E-state index contributed by atoms with van der Waals surface area (Å²) >= 11 is 5.93. The maximum Gasteiger partial charge on any atom is 0.328 e. The fourth-order valence-corrected chi connectivity index (χ4v) is 1.88. The van der Waals surface area contributed by atoms with E-state index in [0.717, 1.165) is 18.7 Å². The van der Waals surface area contributed by atoms with Crippen molar-refractivity contribution in [1.82, 2.24) is 15.0 Å². The highest BCUT2D eigenvalue weighted by Gasteiger charge is 2.11. The van der Waals surface area contributed by atoms with Gasteiger partial charge in [0.1, 0.15) is 5.75 Å². The number of anilines is 1. The van der Waals surface area contributed by atoms with Crippen molar-refractivity contribution in [1.29, 1.82) is 0 Å². The lowest BCUT2D eigenvalue weighted by atomic mass is 10.2. The average molecular weight is 293 g/mol. The Labute approximate surface area is 123 Å². The summed E-state index contributed by atoms with van der Waals surface area (Å²) in [6.07, 6.45) is 0. The van der Waals surface area contributed by atoms with E-state index in [9.17, 15) is 0 Å². The quantitative estimate of drug-likeness (QED) is 0.844. The molecule has 1 heterocycles. The summed E-state index contributed by atoms with van der Waals surface area (Å²) in [5.41, 5.74) is 1.16. The van der Waals surface area contributed by atoms with Crippen molar-refractivity contribution >= 4 is 17.5 Å². The Morgan fingerprint density at radius 2 is 1.70 bits per heavy atom. The van der Waals surface area contributed by atoms with Crippen LogP contribution >= 0.6 is 11.6 Å². The molecule has 0 aliphatic rings. The molecule has 0 spiro atoms. The summed E-state index contributed by atoms with van der Waals surface area (Å²) in [7, 11) is 0. The molecule has 0 amide bonds. The summed E-state index contributed by atoms with van der Waals surface area (Å²) in [6, 6.07) is 7.86. The third-order valence-corrected chi connectivity index (χ3v) is 3.02. The molecule has 0 aliphatic heterocycles. The molecule has 2 rings (SSSR count). The number of ether oxygens (including phenoxy) is 1. The first-order chi connectivity index (χ1) is 9.62. The van der Waals surface area contributed by atoms with Crippen molar-refractivity contribution in [3.8, 4) is 11.8 Å². The minimum atomic E-state index is 0.129. The Morgan fingerprint density at radius 1 is 1.05 bits per heavy atom. The van der Waals surface area contributed by atoms with Gasteiger partial charge in [-0.15, -0.1) is 0 Å². The van der Waals surface area contributed by atoms with Gasteiger partial charge in [0.15, 0.2) is 0 Å². The molecule has 0 unspecified atom stereocenters. The average Bonchev–Trinajstić information content (AvgIpc) is 2.42. The van der Waals surface area contributed by atoms with Gasteiger partial charge in [-0.3, -0.25) is 0 Å². The second-order valence-corrected chi connectivity index (χ2v) is 4.61. The van der Waals surface area contributed by atoms with Gasteiger partial charge < -0.3 is 9.64 Å². The van der Waals surface area contributed by atoms with Gasteiger partial charge in [0.25, 0.3) is 0 Å². The maximum atomic E-state index is 5.93. The van der Waals surface area contributed by atoms with Crippen LogP contribution in [0.3, 0.4) is 0 Å². The predicted octanol–water partition coefficient (Wildman–Crippen LogP) is 3.47. The van der Waals surface area contributed by atoms with E-state index >= 15 is 0 Å². The van der Waals surface area contributed by atoms with Gasteiger partial charge in [0.2, 0.25) is 11.2 Å². The van der Waals surface area contributed by atoms with Crippen molar-refractivity contribution in [2.24, 2.45) is 0 Å². The molecule has 0 N–H and O–H groups in total. The number of aryl methyl sites for hydroxylation is 1. The number of hydrogen-bond donors (Lipinski definition) is 0. The lowest BCUT2D eigenvalue weighted by Crippen LogP contribution is -2.24. The van der Waals surface area contributed by atoms with E-state index in [-0.39, 0.29) is 11.3 Å². The molecule has 0 aliphatic carbocycles. The van der Waals surface area contributed by atoms with Gasteiger partial charge >= 0.3 is 6.01 Å². The summed E-state index contributed by atoms with van der Waals surface area (Å²) in [6.45, 7) is 7.66. The first-order valence-corrected chi connectivity index (χ1v) is 6.91. The molecular weight excluding hydrogens is 276 g/mol. The van der Waals surface area contributed by atoms with Crippen LogP contribution in [0.4, 0.5) is 5.95 Å². The standard InChI is InChI=1S/C14H17ClN4O/c1-4-19(5-2)13-16-12(15)17-14(18-13)20-11-8-6-10(3)7-9-11/h6-9H,4-5H2,1-3H3. The van der Waals surface area contributed by atoms with Gasteiger partial charge in [0, 0.05) is 13.1 Å². The topological polar surface area (TPSA) is 51.1 Å². The van der Waals surface area contributed by atoms with Gasteiger partial charge in [0.05, 0.1) is 0 Å². The summed E-state index contributed by atoms with van der Waals surface area (Å²) in [5, 5.41) is 0.129. The van der Waals surface area contributed by atoms with Crippen LogP contribution in [0.2, 0.25) is 5.28 Å². The van der Waals surface area contributed by atoms with Crippen LogP contribution in [0.1, 0.15) is 19.4 Å². The lowest BCUT2D eigenvalue weighted by Gasteiger charge is -2.18. The molecule has 20 heavy (non-hydrogen) atoms. The molecule has 6 heteroatoms. The molecule has 1 aromatic heterocycles. The van der Waals surface area contributed by atoms with Crippen LogP contribution in [0.5, 0.6) is 11.8 Å². The molecule has 106 valence electrons. The molecular formula is C14H17ClN4O. The minimum absolute atomic E-state index is 0.129. The van der Waals surface area contributed by atoms with Gasteiger partial charge in [-0.05, 0) is 44.5 Å².